The van der Waals surface area contributed by atoms with Crippen LogP contribution in [0.15, 0.2) is 35.7 Å². The van der Waals surface area contributed by atoms with Crippen LogP contribution >= 0.6 is 11.3 Å². The fraction of sp³-hybridized carbons (Fsp3) is 0.312. The predicted molar refractivity (Wildman–Crippen MR) is 79.7 cm³/mol. The minimum atomic E-state index is 0.0847. The third-order valence-electron chi connectivity index (χ3n) is 3.58. The first-order valence-corrected chi connectivity index (χ1v) is 7.64. The lowest BCUT2D eigenvalue weighted by Crippen LogP contribution is -2.16. The molecule has 0 radical (unpaired) electrons. The van der Waals surface area contributed by atoms with Gasteiger partial charge >= 0.3 is 0 Å². The standard InChI is InChI=1S/C16H17NOS/c18-16(11-13-7-4-10-19-13)17-15-9-3-6-12-5-1-2-8-14(12)15/h3-4,6-7,9-10H,1-2,5,8,11H2,(H,17,18). The number of benzene rings is 1. The summed E-state index contributed by atoms with van der Waals surface area (Å²) < 4.78 is 0. The topological polar surface area (TPSA) is 29.1 Å². The van der Waals surface area contributed by atoms with Crippen LogP contribution in [0.2, 0.25) is 0 Å². The molecule has 2 nitrogen and oxygen atoms in total. The van der Waals surface area contributed by atoms with Gasteiger partial charge in [-0.25, -0.2) is 0 Å². The molecule has 1 aliphatic carbocycles. The van der Waals surface area contributed by atoms with E-state index in [1.165, 1.54) is 24.0 Å². The molecule has 2 aromatic rings. The van der Waals surface area contributed by atoms with E-state index in [9.17, 15) is 4.79 Å². The second-order valence-electron chi connectivity index (χ2n) is 4.95. The minimum Gasteiger partial charge on any atom is -0.326 e. The molecule has 1 aromatic heterocycles. The highest BCUT2D eigenvalue weighted by molar-refractivity contribution is 7.10. The van der Waals surface area contributed by atoms with Crippen LogP contribution in [0.25, 0.3) is 0 Å². The van der Waals surface area contributed by atoms with Crippen molar-refractivity contribution in [2.75, 3.05) is 5.32 Å². The summed E-state index contributed by atoms with van der Waals surface area (Å²) >= 11 is 1.63. The maximum Gasteiger partial charge on any atom is 0.229 e. The number of carbonyl (C=O) groups is 1. The molecule has 1 aromatic carbocycles. The Balaban J connectivity index is 1.74. The zero-order valence-electron chi connectivity index (χ0n) is 10.8. The van der Waals surface area contributed by atoms with E-state index in [0.717, 1.165) is 23.4 Å². The van der Waals surface area contributed by atoms with Crippen LogP contribution < -0.4 is 5.32 Å². The lowest BCUT2D eigenvalue weighted by molar-refractivity contribution is -0.115. The molecule has 0 spiro atoms. The number of carbonyl (C=O) groups excluding carboxylic acids is 1. The van der Waals surface area contributed by atoms with E-state index >= 15 is 0 Å². The summed E-state index contributed by atoms with van der Waals surface area (Å²) in [5.41, 5.74) is 3.76. The van der Waals surface area contributed by atoms with Crippen LogP contribution in [-0.4, -0.2) is 5.91 Å². The van der Waals surface area contributed by atoms with Gasteiger partial charge in [0.1, 0.15) is 0 Å². The first-order chi connectivity index (χ1) is 9.33. The Morgan fingerprint density at radius 1 is 1.16 bits per heavy atom. The van der Waals surface area contributed by atoms with Gasteiger partial charge in [0.05, 0.1) is 6.42 Å². The smallest absolute Gasteiger partial charge is 0.229 e. The number of amides is 1. The summed E-state index contributed by atoms with van der Waals surface area (Å²) in [5.74, 6) is 0.0847. The first-order valence-electron chi connectivity index (χ1n) is 6.76. The van der Waals surface area contributed by atoms with Crippen molar-refractivity contribution in [1.29, 1.82) is 0 Å². The maximum absolute atomic E-state index is 12.1. The van der Waals surface area contributed by atoms with E-state index in [-0.39, 0.29) is 5.91 Å². The highest BCUT2D eigenvalue weighted by atomic mass is 32.1. The van der Waals surface area contributed by atoms with Gasteiger partial charge in [0.2, 0.25) is 5.91 Å². The van der Waals surface area contributed by atoms with Crippen LogP contribution in [0, 0.1) is 0 Å². The molecule has 0 saturated heterocycles. The van der Waals surface area contributed by atoms with Crippen molar-refractivity contribution in [3.05, 3.63) is 51.7 Å². The number of thiophene rings is 1. The molecule has 98 valence electrons. The van der Waals surface area contributed by atoms with Crippen molar-refractivity contribution >= 4 is 22.9 Å². The molecule has 1 heterocycles. The quantitative estimate of drug-likeness (QED) is 0.903. The summed E-state index contributed by atoms with van der Waals surface area (Å²) in [4.78, 5) is 13.2. The monoisotopic (exact) mass is 271 g/mol. The summed E-state index contributed by atoms with van der Waals surface area (Å²) in [5, 5.41) is 5.08. The number of hydrogen-bond acceptors (Lipinski definition) is 2. The van der Waals surface area contributed by atoms with Gasteiger partial charge in [-0.3, -0.25) is 4.79 Å². The Labute approximate surface area is 117 Å². The third kappa shape index (κ3) is 2.87. The van der Waals surface area contributed by atoms with Crippen LogP contribution in [0.3, 0.4) is 0 Å². The van der Waals surface area contributed by atoms with Crippen molar-refractivity contribution < 1.29 is 4.79 Å². The SMILES string of the molecule is O=C(Cc1cccs1)Nc1cccc2c1CCCC2. The maximum atomic E-state index is 12.1. The number of nitrogens with one attached hydrogen (secondary N) is 1. The Kier molecular flexibility index (Phi) is 3.65. The van der Waals surface area contributed by atoms with Crippen LogP contribution in [0.1, 0.15) is 28.8 Å². The van der Waals surface area contributed by atoms with E-state index in [2.05, 4.69) is 11.4 Å². The molecule has 3 rings (SSSR count). The van der Waals surface area contributed by atoms with Gasteiger partial charge < -0.3 is 5.32 Å². The van der Waals surface area contributed by atoms with E-state index < -0.39 is 0 Å². The van der Waals surface area contributed by atoms with E-state index in [0.29, 0.717) is 6.42 Å². The summed E-state index contributed by atoms with van der Waals surface area (Å²) in [7, 11) is 0. The Morgan fingerprint density at radius 2 is 2.05 bits per heavy atom. The van der Waals surface area contributed by atoms with Gasteiger partial charge in [0.15, 0.2) is 0 Å². The van der Waals surface area contributed by atoms with Crippen molar-refractivity contribution in [3.8, 4) is 0 Å². The van der Waals surface area contributed by atoms with Crippen LogP contribution in [-0.2, 0) is 24.1 Å². The summed E-state index contributed by atoms with van der Waals surface area (Å²) in [6.07, 6.45) is 5.19. The second-order valence-corrected chi connectivity index (χ2v) is 5.99. The molecule has 19 heavy (non-hydrogen) atoms. The lowest BCUT2D eigenvalue weighted by Gasteiger charge is -2.19. The molecule has 0 bridgehead atoms. The zero-order valence-corrected chi connectivity index (χ0v) is 11.6. The van der Waals surface area contributed by atoms with Gasteiger partial charge in [0, 0.05) is 10.6 Å². The van der Waals surface area contributed by atoms with Gasteiger partial charge in [0.25, 0.3) is 0 Å². The number of rotatable bonds is 3. The van der Waals surface area contributed by atoms with Gasteiger partial charge in [-0.05, 0) is 54.3 Å². The number of fused-ring (bicyclic) bond motifs is 1. The molecule has 0 atom stereocenters. The fourth-order valence-electron chi connectivity index (χ4n) is 2.66. The average Bonchev–Trinajstić information content (AvgIpc) is 2.92. The molecule has 1 aliphatic rings. The van der Waals surface area contributed by atoms with Crippen molar-refractivity contribution in [1.82, 2.24) is 0 Å². The normalized spacial score (nSPS) is 13.9. The van der Waals surface area contributed by atoms with Gasteiger partial charge in [-0.2, -0.15) is 0 Å². The van der Waals surface area contributed by atoms with Gasteiger partial charge in [-0.1, -0.05) is 18.2 Å². The highest BCUT2D eigenvalue weighted by Gasteiger charge is 2.14. The molecular formula is C16H17NOS. The minimum absolute atomic E-state index is 0.0847. The predicted octanol–water partition coefficient (Wildman–Crippen LogP) is 3.81. The highest BCUT2D eigenvalue weighted by Crippen LogP contribution is 2.28. The second kappa shape index (κ2) is 5.57. The van der Waals surface area contributed by atoms with E-state index in [1.54, 1.807) is 11.3 Å². The Hall–Kier alpha value is -1.61. The Morgan fingerprint density at radius 3 is 2.89 bits per heavy atom. The van der Waals surface area contributed by atoms with Crippen LogP contribution in [0.5, 0.6) is 0 Å². The summed E-state index contributed by atoms with van der Waals surface area (Å²) in [6.45, 7) is 0. The van der Waals surface area contributed by atoms with Crippen LogP contribution in [0.4, 0.5) is 5.69 Å². The zero-order chi connectivity index (χ0) is 13.1. The fourth-order valence-corrected chi connectivity index (χ4v) is 3.37. The lowest BCUT2D eigenvalue weighted by atomic mass is 9.90. The Bertz CT molecular complexity index is 574. The number of anilines is 1. The van der Waals surface area contributed by atoms with Crippen molar-refractivity contribution in [2.24, 2.45) is 0 Å². The average molecular weight is 271 g/mol. The molecule has 0 saturated carbocycles. The molecule has 1 N–H and O–H groups in total. The van der Waals surface area contributed by atoms with E-state index in [4.69, 9.17) is 0 Å². The van der Waals surface area contributed by atoms with Crippen molar-refractivity contribution in [2.45, 2.75) is 32.1 Å². The molecule has 1 amide bonds. The third-order valence-corrected chi connectivity index (χ3v) is 4.46. The molecular weight excluding hydrogens is 254 g/mol. The van der Waals surface area contributed by atoms with Gasteiger partial charge in [-0.15, -0.1) is 11.3 Å². The molecule has 0 aliphatic heterocycles. The molecule has 0 fully saturated rings. The largest absolute Gasteiger partial charge is 0.326 e. The summed E-state index contributed by atoms with van der Waals surface area (Å²) in [6, 6.07) is 10.2. The van der Waals surface area contributed by atoms with Crippen molar-refractivity contribution in [3.63, 3.8) is 0 Å². The van der Waals surface area contributed by atoms with E-state index in [1.807, 2.05) is 29.6 Å². The molecule has 3 heteroatoms. The number of hydrogen-bond donors (Lipinski definition) is 1. The molecule has 0 unspecified atom stereocenters. The number of aryl methyl sites for hydroxylation is 1. The first kappa shape index (κ1) is 12.4.